The van der Waals surface area contributed by atoms with Gasteiger partial charge in [-0.2, -0.15) is 0 Å². The summed E-state index contributed by atoms with van der Waals surface area (Å²) in [6.45, 7) is 4.21. The van der Waals surface area contributed by atoms with Gasteiger partial charge in [-0.3, -0.25) is 14.5 Å². The number of nitrogens with zero attached hydrogens (tertiary/aromatic N) is 1. The molecule has 2 amide bonds. The number of rotatable bonds is 5. The molecule has 0 saturated carbocycles. The third kappa shape index (κ3) is 3.26. The number of nitrogens with one attached hydrogen (secondary N) is 2. The van der Waals surface area contributed by atoms with Crippen molar-refractivity contribution in [2.75, 3.05) is 4.90 Å². The molecule has 2 aliphatic rings. The van der Waals surface area contributed by atoms with Crippen molar-refractivity contribution in [3.63, 3.8) is 0 Å². The maximum Gasteiger partial charge on any atom is 0.259 e. The highest BCUT2D eigenvalue weighted by Gasteiger charge is 2.39. The molecule has 1 fully saturated rings. The molecule has 5 nitrogen and oxygen atoms in total. The zero-order chi connectivity index (χ0) is 22.4. The Kier molecular flexibility index (Phi) is 4.98. The second-order valence-electron chi connectivity index (χ2n) is 8.10. The number of halogens is 2. The molecule has 32 heavy (non-hydrogen) atoms. The van der Waals surface area contributed by atoms with E-state index in [9.17, 15) is 18.4 Å². The Labute approximate surface area is 183 Å². The lowest BCUT2D eigenvalue weighted by molar-refractivity contribution is -0.122. The Morgan fingerprint density at radius 3 is 2.53 bits per heavy atom. The monoisotopic (exact) mass is 433 g/mol. The highest BCUT2D eigenvalue weighted by molar-refractivity contribution is 6.27. The van der Waals surface area contributed by atoms with E-state index in [2.05, 4.69) is 17.2 Å². The van der Waals surface area contributed by atoms with Crippen molar-refractivity contribution < 1.29 is 18.4 Å². The largest absolute Gasteiger partial charge is 0.329 e. The van der Waals surface area contributed by atoms with E-state index in [1.54, 1.807) is 11.0 Å². The number of carbonyl (C=O) groups is 2. The second kappa shape index (κ2) is 7.84. The molecular formula is C25H21F2N3O2. The summed E-state index contributed by atoms with van der Waals surface area (Å²) in [6, 6.07) is 12.4. The van der Waals surface area contributed by atoms with Crippen molar-refractivity contribution in [2.45, 2.75) is 32.0 Å². The molecule has 3 aromatic carbocycles. The molecule has 2 N–H and O–H groups in total. The first kappa shape index (κ1) is 20.3. The van der Waals surface area contributed by atoms with E-state index in [0.29, 0.717) is 36.3 Å². The summed E-state index contributed by atoms with van der Waals surface area (Å²) in [5, 5.41) is 7.52. The first-order valence-electron chi connectivity index (χ1n) is 10.5. The summed E-state index contributed by atoms with van der Waals surface area (Å²) in [5.41, 5.74) is 2.81. The predicted octanol–water partition coefficient (Wildman–Crippen LogP) is 4.16. The Morgan fingerprint density at radius 2 is 1.78 bits per heavy atom. The SMILES string of the molecule is C=C1CCC(N2C(=O)c3ccc(CNCc4c(F)cccc4F)c4cccc2c34)C(=O)N1. The number of hydrogen-bond acceptors (Lipinski definition) is 3. The van der Waals surface area contributed by atoms with Crippen LogP contribution in [-0.4, -0.2) is 17.9 Å². The van der Waals surface area contributed by atoms with Crippen LogP contribution in [0.2, 0.25) is 0 Å². The van der Waals surface area contributed by atoms with Gasteiger partial charge in [0.1, 0.15) is 17.7 Å². The van der Waals surface area contributed by atoms with Crippen LogP contribution in [0.15, 0.2) is 60.8 Å². The fourth-order valence-corrected chi connectivity index (χ4v) is 4.56. The van der Waals surface area contributed by atoms with E-state index in [1.165, 1.54) is 18.2 Å². The van der Waals surface area contributed by atoms with E-state index < -0.39 is 17.7 Å². The fraction of sp³-hybridized carbons (Fsp3) is 0.200. The average Bonchev–Trinajstić information content (AvgIpc) is 3.05. The van der Waals surface area contributed by atoms with E-state index in [1.807, 2.05) is 24.3 Å². The number of hydrogen-bond donors (Lipinski definition) is 2. The van der Waals surface area contributed by atoms with Crippen LogP contribution in [0.1, 0.15) is 34.3 Å². The Balaban J connectivity index is 1.45. The molecule has 2 aliphatic heterocycles. The van der Waals surface area contributed by atoms with E-state index in [0.717, 1.165) is 16.3 Å². The summed E-state index contributed by atoms with van der Waals surface area (Å²) in [6.07, 6.45) is 1.14. The van der Waals surface area contributed by atoms with Gasteiger partial charge in [-0.05, 0) is 48.1 Å². The molecule has 0 aliphatic carbocycles. The third-order valence-electron chi connectivity index (χ3n) is 6.13. The van der Waals surface area contributed by atoms with Gasteiger partial charge in [-0.25, -0.2) is 8.78 Å². The lowest BCUT2D eigenvalue weighted by atomic mass is 10.00. The summed E-state index contributed by atoms with van der Waals surface area (Å²) in [7, 11) is 0. The number of amides is 2. The Morgan fingerprint density at radius 1 is 1.03 bits per heavy atom. The first-order chi connectivity index (χ1) is 15.5. The molecular weight excluding hydrogens is 412 g/mol. The highest BCUT2D eigenvalue weighted by atomic mass is 19.1. The molecule has 5 rings (SSSR count). The third-order valence-corrected chi connectivity index (χ3v) is 6.13. The molecule has 162 valence electrons. The van der Waals surface area contributed by atoms with Crippen molar-refractivity contribution in [1.29, 1.82) is 0 Å². The smallest absolute Gasteiger partial charge is 0.259 e. The lowest BCUT2D eigenvalue weighted by Gasteiger charge is -2.31. The van der Waals surface area contributed by atoms with E-state index in [4.69, 9.17) is 0 Å². The molecule has 0 spiro atoms. The van der Waals surface area contributed by atoms with Gasteiger partial charge in [0.15, 0.2) is 0 Å². The summed E-state index contributed by atoms with van der Waals surface area (Å²) in [4.78, 5) is 27.4. The number of carbonyl (C=O) groups excluding carboxylic acids is 2. The summed E-state index contributed by atoms with van der Waals surface area (Å²) < 4.78 is 27.8. The van der Waals surface area contributed by atoms with Gasteiger partial charge >= 0.3 is 0 Å². The zero-order valence-corrected chi connectivity index (χ0v) is 17.3. The van der Waals surface area contributed by atoms with Crippen molar-refractivity contribution in [2.24, 2.45) is 0 Å². The maximum atomic E-state index is 13.9. The van der Waals surface area contributed by atoms with Gasteiger partial charge in [0, 0.05) is 35.3 Å². The molecule has 0 aromatic heterocycles. The average molecular weight is 433 g/mol. The standard InChI is InChI=1S/C25H21F2N3O2/c1-14-8-11-22(24(31)29-14)30-21-7-2-4-16-15(9-10-17(23(16)21)25(30)32)12-28-13-18-19(26)5-3-6-20(18)27/h2-7,9-10,22,28H,1,8,11-13H2,(H,29,31). The Hall–Kier alpha value is -3.58. The highest BCUT2D eigenvalue weighted by Crippen LogP contribution is 2.41. The number of allylic oxidation sites excluding steroid dienone is 1. The Bertz CT molecular complexity index is 1270. The molecule has 7 heteroatoms. The van der Waals surface area contributed by atoms with Crippen LogP contribution in [0.5, 0.6) is 0 Å². The molecule has 2 heterocycles. The molecule has 1 atom stereocenters. The van der Waals surface area contributed by atoms with Crippen molar-refractivity contribution >= 4 is 28.3 Å². The number of benzene rings is 3. The van der Waals surface area contributed by atoms with Crippen LogP contribution in [0.25, 0.3) is 10.8 Å². The first-order valence-corrected chi connectivity index (χ1v) is 10.5. The van der Waals surface area contributed by atoms with Crippen LogP contribution < -0.4 is 15.5 Å². The van der Waals surface area contributed by atoms with Crippen LogP contribution in [0, 0.1) is 11.6 Å². The van der Waals surface area contributed by atoms with Crippen LogP contribution >= 0.6 is 0 Å². The minimum absolute atomic E-state index is 0.00955. The second-order valence-corrected chi connectivity index (χ2v) is 8.10. The minimum atomic E-state index is -0.590. The van der Waals surface area contributed by atoms with E-state index in [-0.39, 0.29) is 23.9 Å². The summed E-state index contributed by atoms with van der Waals surface area (Å²) >= 11 is 0. The van der Waals surface area contributed by atoms with Crippen molar-refractivity contribution in [3.8, 4) is 0 Å². The quantitative estimate of drug-likeness (QED) is 0.635. The van der Waals surface area contributed by atoms with Crippen LogP contribution in [0.3, 0.4) is 0 Å². The van der Waals surface area contributed by atoms with Gasteiger partial charge in [0.05, 0.1) is 5.69 Å². The van der Waals surface area contributed by atoms with Gasteiger partial charge in [0.2, 0.25) is 5.91 Å². The van der Waals surface area contributed by atoms with Gasteiger partial charge in [-0.1, -0.05) is 30.8 Å². The van der Waals surface area contributed by atoms with E-state index >= 15 is 0 Å². The number of piperidine rings is 1. The molecule has 0 bridgehead atoms. The molecule has 1 unspecified atom stereocenters. The van der Waals surface area contributed by atoms with Crippen LogP contribution in [-0.2, 0) is 17.9 Å². The predicted molar refractivity (Wildman–Crippen MR) is 118 cm³/mol. The minimum Gasteiger partial charge on any atom is -0.329 e. The molecule has 3 aromatic rings. The lowest BCUT2D eigenvalue weighted by Crippen LogP contribution is -2.51. The zero-order valence-electron chi connectivity index (χ0n) is 17.3. The number of anilines is 1. The topological polar surface area (TPSA) is 61.4 Å². The summed E-state index contributed by atoms with van der Waals surface area (Å²) in [5.74, 6) is -1.61. The van der Waals surface area contributed by atoms with Crippen LogP contribution in [0.4, 0.5) is 14.5 Å². The normalized spacial score (nSPS) is 17.9. The fourth-order valence-electron chi connectivity index (χ4n) is 4.56. The molecule has 0 radical (unpaired) electrons. The van der Waals surface area contributed by atoms with Gasteiger partial charge < -0.3 is 10.6 Å². The van der Waals surface area contributed by atoms with Crippen molar-refractivity contribution in [3.05, 3.63) is 89.1 Å². The molecule has 1 saturated heterocycles. The van der Waals surface area contributed by atoms with Crippen molar-refractivity contribution in [1.82, 2.24) is 10.6 Å². The van der Waals surface area contributed by atoms with Gasteiger partial charge in [-0.15, -0.1) is 0 Å². The van der Waals surface area contributed by atoms with Gasteiger partial charge in [0.25, 0.3) is 5.91 Å². The maximum absolute atomic E-state index is 13.9.